The minimum Gasteiger partial charge on any atom is -0.379 e. The van der Waals surface area contributed by atoms with Gasteiger partial charge in [0.15, 0.2) is 0 Å². The molecule has 0 radical (unpaired) electrons. The summed E-state index contributed by atoms with van der Waals surface area (Å²) < 4.78 is 10.9. The number of carbonyl (C=O) groups excluding carboxylic acids is 1. The molecule has 7 nitrogen and oxygen atoms in total. The largest absolute Gasteiger partial charge is 0.379 e. The molecule has 0 saturated carbocycles. The molecule has 1 N–H and O–H groups in total. The molecular formula is C21H22N4O3. The molecule has 2 aromatic heterocycles. The van der Waals surface area contributed by atoms with Crippen LogP contribution in [-0.4, -0.2) is 47.3 Å². The Morgan fingerprint density at radius 3 is 2.64 bits per heavy atom. The van der Waals surface area contributed by atoms with Crippen LogP contribution in [0, 0.1) is 6.92 Å². The Hall–Kier alpha value is -3.03. The normalized spacial score (nSPS) is 15.9. The number of hydrogen-bond donors (Lipinski definition) is 1. The van der Waals surface area contributed by atoms with Crippen LogP contribution in [0.15, 0.2) is 59.4 Å². The van der Waals surface area contributed by atoms with Gasteiger partial charge in [-0.25, -0.2) is 0 Å². The van der Waals surface area contributed by atoms with E-state index in [0.29, 0.717) is 32.2 Å². The summed E-state index contributed by atoms with van der Waals surface area (Å²) in [6, 6.07) is 13.0. The maximum absolute atomic E-state index is 13.2. The lowest BCUT2D eigenvalue weighted by atomic mass is 10.1. The zero-order valence-electron chi connectivity index (χ0n) is 15.7. The van der Waals surface area contributed by atoms with E-state index in [1.165, 1.54) is 0 Å². The van der Waals surface area contributed by atoms with Crippen LogP contribution in [0.5, 0.6) is 0 Å². The van der Waals surface area contributed by atoms with Crippen LogP contribution in [-0.2, 0) is 9.53 Å². The predicted molar refractivity (Wildman–Crippen MR) is 105 cm³/mol. The van der Waals surface area contributed by atoms with Gasteiger partial charge in [-0.05, 0) is 18.6 Å². The lowest BCUT2D eigenvalue weighted by Gasteiger charge is -2.33. The van der Waals surface area contributed by atoms with Crippen molar-refractivity contribution in [2.24, 2.45) is 0 Å². The summed E-state index contributed by atoms with van der Waals surface area (Å²) in [5.74, 6) is 0.194. The molecule has 0 spiro atoms. The lowest BCUT2D eigenvalue weighted by molar-refractivity contribution is -0.123. The number of hydrogen-bond acceptors (Lipinski definition) is 6. The van der Waals surface area contributed by atoms with Crippen LogP contribution in [0.25, 0.3) is 11.3 Å². The van der Waals surface area contributed by atoms with E-state index < -0.39 is 6.04 Å². The maximum Gasteiger partial charge on any atom is 0.248 e. The third-order valence-corrected chi connectivity index (χ3v) is 4.87. The fraction of sp³-hybridized carbons (Fsp3) is 0.286. The summed E-state index contributed by atoms with van der Waals surface area (Å²) in [5, 5.41) is 7.07. The molecule has 1 atom stereocenters. The minimum absolute atomic E-state index is 0.172. The van der Waals surface area contributed by atoms with Crippen LogP contribution in [0.2, 0.25) is 0 Å². The summed E-state index contributed by atoms with van der Waals surface area (Å²) >= 11 is 0. The molecule has 0 bridgehead atoms. The van der Waals surface area contributed by atoms with Crippen molar-refractivity contribution in [2.75, 3.05) is 31.6 Å². The molecule has 7 heteroatoms. The monoisotopic (exact) mass is 378 g/mol. The minimum atomic E-state index is -0.470. The number of anilines is 1. The van der Waals surface area contributed by atoms with Gasteiger partial charge in [-0.2, -0.15) is 0 Å². The summed E-state index contributed by atoms with van der Waals surface area (Å²) in [6.07, 6.45) is 3.42. The molecule has 0 aliphatic carbocycles. The SMILES string of the molecule is Cc1c(-c2ccccc2)noc1NC(=O)C(c1cccnc1)N1CCOCC1. The Kier molecular flexibility index (Phi) is 5.45. The number of pyridine rings is 1. The summed E-state index contributed by atoms with van der Waals surface area (Å²) in [7, 11) is 0. The van der Waals surface area contributed by atoms with E-state index in [1.807, 2.05) is 49.4 Å². The standard InChI is InChI=1S/C21H22N4O3/c1-15-18(16-6-3-2-4-7-16)24-28-21(15)23-20(26)19(17-8-5-9-22-14-17)25-10-12-27-13-11-25/h2-9,14,19H,10-13H2,1H3,(H,23,26). The second-order valence-corrected chi connectivity index (χ2v) is 6.68. The van der Waals surface area contributed by atoms with E-state index >= 15 is 0 Å². The number of rotatable bonds is 5. The molecule has 1 aliphatic heterocycles. The van der Waals surface area contributed by atoms with E-state index in [0.717, 1.165) is 22.4 Å². The molecule has 1 aromatic carbocycles. The third-order valence-electron chi connectivity index (χ3n) is 4.87. The van der Waals surface area contributed by atoms with Crippen molar-refractivity contribution in [1.82, 2.24) is 15.0 Å². The van der Waals surface area contributed by atoms with Crippen LogP contribution in [0.3, 0.4) is 0 Å². The quantitative estimate of drug-likeness (QED) is 0.735. The van der Waals surface area contributed by atoms with Crippen LogP contribution in [0.1, 0.15) is 17.2 Å². The first-order chi connectivity index (χ1) is 13.7. The highest BCUT2D eigenvalue weighted by molar-refractivity contribution is 5.95. The summed E-state index contributed by atoms with van der Waals surface area (Å²) in [5.41, 5.74) is 3.30. The van der Waals surface area contributed by atoms with Gasteiger partial charge in [-0.15, -0.1) is 0 Å². The number of carbonyl (C=O) groups is 1. The van der Waals surface area contributed by atoms with E-state index in [-0.39, 0.29) is 5.91 Å². The summed E-state index contributed by atoms with van der Waals surface area (Å²) in [6.45, 7) is 4.45. The van der Waals surface area contributed by atoms with E-state index in [4.69, 9.17) is 9.26 Å². The van der Waals surface area contributed by atoms with Gasteiger partial charge in [0.25, 0.3) is 0 Å². The van der Waals surface area contributed by atoms with Crippen molar-refractivity contribution < 1.29 is 14.1 Å². The number of aromatic nitrogens is 2. The van der Waals surface area contributed by atoms with Crippen molar-refractivity contribution in [1.29, 1.82) is 0 Å². The fourth-order valence-corrected chi connectivity index (χ4v) is 3.40. The van der Waals surface area contributed by atoms with Gasteiger partial charge in [-0.3, -0.25) is 20.0 Å². The molecule has 3 aromatic rings. The van der Waals surface area contributed by atoms with Gasteiger partial charge in [-0.1, -0.05) is 41.6 Å². The average molecular weight is 378 g/mol. The van der Waals surface area contributed by atoms with Crippen molar-refractivity contribution in [3.8, 4) is 11.3 Å². The molecule has 1 amide bonds. The first-order valence-corrected chi connectivity index (χ1v) is 9.28. The highest BCUT2D eigenvalue weighted by Crippen LogP contribution is 2.29. The zero-order valence-corrected chi connectivity index (χ0v) is 15.7. The van der Waals surface area contributed by atoms with Crippen LogP contribution in [0.4, 0.5) is 5.88 Å². The van der Waals surface area contributed by atoms with Crippen molar-refractivity contribution in [3.05, 3.63) is 66.0 Å². The van der Waals surface area contributed by atoms with Gasteiger partial charge >= 0.3 is 0 Å². The molecular weight excluding hydrogens is 356 g/mol. The van der Waals surface area contributed by atoms with Crippen molar-refractivity contribution in [2.45, 2.75) is 13.0 Å². The second-order valence-electron chi connectivity index (χ2n) is 6.68. The van der Waals surface area contributed by atoms with Crippen molar-refractivity contribution >= 4 is 11.8 Å². The number of nitrogens with one attached hydrogen (secondary N) is 1. The molecule has 144 valence electrons. The number of morpholine rings is 1. The Bertz CT molecular complexity index is 921. The van der Waals surface area contributed by atoms with Gasteiger partial charge in [0.1, 0.15) is 11.7 Å². The van der Waals surface area contributed by atoms with Crippen LogP contribution < -0.4 is 5.32 Å². The maximum atomic E-state index is 13.2. The number of nitrogens with zero attached hydrogens (tertiary/aromatic N) is 3. The Balaban J connectivity index is 1.59. The Morgan fingerprint density at radius 2 is 1.93 bits per heavy atom. The molecule has 28 heavy (non-hydrogen) atoms. The molecule has 1 aliphatic rings. The average Bonchev–Trinajstić information content (AvgIpc) is 3.10. The number of ether oxygens (including phenoxy) is 1. The highest BCUT2D eigenvalue weighted by Gasteiger charge is 2.30. The molecule has 3 heterocycles. The van der Waals surface area contributed by atoms with Gasteiger partial charge in [0.05, 0.1) is 13.2 Å². The Morgan fingerprint density at radius 1 is 1.14 bits per heavy atom. The van der Waals surface area contributed by atoms with E-state index in [1.54, 1.807) is 12.4 Å². The first-order valence-electron chi connectivity index (χ1n) is 9.28. The predicted octanol–water partition coefficient (Wildman–Crippen LogP) is 3.06. The van der Waals surface area contributed by atoms with Crippen molar-refractivity contribution in [3.63, 3.8) is 0 Å². The number of benzene rings is 1. The van der Waals surface area contributed by atoms with Gasteiger partial charge in [0.2, 0.25) is 11.8 Å². The molecule has 1 fully saturated rings. The first kappa shape index (κ1) is 18.3. The van der Waals surface area contributed by atoms with Gasteiger partial charge in [0, 0.05) is 36.6 Å². The molecule has 1 saturated heterocycles. The molecule has 4 rings (SSSR count). The van der Waals surface area contributed by atoms with E-state index in [2.05, 4.69) is 20.4 Å². The summed E-state index contributed by atoms with van der Waals surface area (Å²) in [4.78, 5) is 19.5. The highest BCUT2D eigenvalue weighted by atomic mass is 16.5. The lowest BCUT2D eigenvalue weighted by Crippen LogP contribution is -2.44. The second kappa shape index (κ2) is 8.33. The smallest absolute Gasteiger partial charge is 0.248 e. The molecule has 1 unspecified atom stereocenters. The zero-order chi connectivity index (χ0) is 19.3. The Labute approximate surface area is 163 Å². The topological polar surface area (TPSA) is 80.5 Å². The van der Waals surface area contributed by atoms with Crippen LogP contribution >= 0.6 is 0 Å². The third kappa shape index (κ3) is 3.81. The fourth-order valence-electron chi connectivity index (χ4n) is 3.40. The van der Waals surface area contributed by atoms with Gasteiger partial charge < -0.3 is 9.26 Å². The number of amides is 1. The van der Waals surface area contributed by atoms with E-state index in [9.17, 15) is 4.79 Å².